The van der Waals surface area contributed by atoms with Crippen molar-refractivity contribution in [2.75, 3.05) is 7.11 Å². The summed E-state index contributed by atoms with van der Waals surface area (Å²) in [6.45, 7) is 4.77. The van der Waals surface area contributed by atoms with Gasteiger partial charge in [-0.2, -0.15) is 0 Å². The molecule has 0 bridgehead atoms. The normalized spacial score (nSPS) is 22.3. The lowest BCUT2D eigenvalue weighted by Crippen LogP contribution is -2.14. The molecule has 0 aromatic heterocycles. The van der Waals surface area contributed by atoms with Gasteiger partial charge in [-0.3, -0.25) is 0 Å². The van der Waals surface area contributed by atoms with Crippen LogP contribution in [0, 0.1) is 17.8 Å². The van der Waals surface area contributed by atoms with Gasteiger partial charge in [-0.15, -0.1) is 0 Å². The third-order valence-electron chi connectivity index (χ3n) is 6.05. The maximum atomic E-state index is 5.24. The van der Waals surface area contributed by atoms with Gasteiger partial charge >= 0.3 is 0 Å². The van der Waals surface area contributed by atoms with E-state index in [1.54, 1.807) is 7.11 Å². The molecule has 0 saturated heterocycles. The van der Waals surface area contributed by atoms with Crippen molar-refractivity contribution >= 4 is 0 Å². The van der Waals surface area contributed by atoms with E-state index in [1.807, 2.05) is 0 Å². The molecular weight excluding hydrogens is 292 g/mol. The van der Waals surface area contributed by atoms with Crippen LogP contribution in [0.4, 0.5) is 0 Å². The fraction of sp³-hybridized carbons (Fsp3) is 0.739. The Bertz CT molecular complexity index is 428. The van der Waals surface area contributed by atoms with Crippen molar-refractivity contribution in [2.24, 2.45) is 17.8 Å². The first-order chi connectivity index (χ1) is 11.7. The fourth-order valence-electron chi connectivity index (χ4n) is 4.32. The Labute approximate surface area is 150 Å². The molecule has 0 radical (unpaired) electrons. The van der Waals surface area contributed by atoms with Crippen LogP contribution in [0.1, 0.15) is 83.6 Å². The lowest BCUT2D eigenvalue weighted by atomic mass is 9.79. The molecule has 1 aromatic carbocycles. The quantitative estimate of drug-likeness (QED) is 0.447. The second-order valence-electron chi connectivity index (χ2n) is 8.10. The molecule has 1 aliphatic rings. The summed E-state index contributed by atoms with van der Waals surface area (Å²) < 4.78 is 5.24. The van der Waals surface area contributed by atoms with E-state index in [4.69, 9.17) is 4.74 Å². The molecule has 2 rings (SSSR count). The minimum Gasteiger partial charge on any atom is -0.497 e. The predicted octanol–water partition coefficient (Wildman–Crippen LogP) is 7.04. The van der Waals surface area contributed by atoms with Crippen molar-refractivity contribution in [1.29, 1.82) is 0 Å². The van der Waals surface area contributed by atoms with E-state index in [2.05, 4.69) is 38.1 Å². The van der Waals surface area contributed by atoms with Crippen LogP contribution in [0.3, 0.4) is 0 Å². The van der Waals surface area contributed by atoms with Gasteiger partial charge in [0.05, 0.1) is 7.11 Å². The number of rotatable bonds is 10. The molecule has 1 aliphatic carbocycles. The molecule has 1 atom stereocenters. The average molecular weight is 331 g/mol. The van der Waals surface area contributed by atoms with E-state index in [9.17, 15) is 0 Å². The predicted molar refractivity (Wildman–Crippen MR) is 105 cm³/mol. The highest BCUT2D eigenvalue weighted by Gasteiger charge is 2.19. The Morgan fingerprint density at radius 1 is 1.00 bits per heavy atom. The third-order valence-corrected chi connectivity index (χ3v) is 6.05. The zero-order chi connectivity index (χ0) is 17.2. The Morgan fingerprint density at radius 2 is 1.71 bits per heavy atom. The highest BCUT2D eigenvalue weighted by Crippen LogP contribution is 2.33. The molecular formula is C23H38O. The number of hydrogen-bond donors (Lipinski definition) is 0. The molecule has 1 heteroatoms. The van der Waals surface area contributed by atoms with Gasteiger partial charge in [0.15, 0.2) is 0 Å². The Hall–Kier alpha value is -0.980. The minimum atomic E-state index is 0.951. The van der Waals surface area contributed by atoms with Crippen LogP contribution >= 0.6 is 0 Å². The van der Waals surface area contributed by atoms with Gasteiger partial charge in [0.2, 0.25) is 0 Å². The molecule has 24 heavy (non-hydrogen) atoms. The van der Waals surface area contributed by atoms with Crippen LogP contribution in [0.5, 0.6) is 5.75 Å². The van der Waals surface area contributed by atoms with Crippen molar-refractivity contribution < 1.29 is 4.74 Å². The largest absolute Gasteiger partial charge is 0.497 e. The van der Waals surface area contributed by atoms with Gasteiger partial charge in [0.1, 0.15) is 5.75 Å². The topological polar surface area (TPSA) is 9.23 Å². The maximum absolute atomic E-state index is 5.24. The molecule has 1 unspecified atom stereocenters. The zero-order valence-electron chi connectivity index (χ0n) is 16.2. The molecule has 0 N–H and O–H groups in total. The Morgan fingerprint density at radius 3 is 2.33 bits per heavy atom. The maximum Gasteiger partial charge on any atom is 0.118 e. The molecule has 1 nitrogen and oxygen atoms in total. The van der Waals surface area contributed by atoms with Crippen molar-refractivity contribution in [1.82, 2.24) is 0 Å². The summed E-state index contributed by atoms with van der Waals surface area (Å²) in [5.74, 6) is 3.93. The van der Waals surface area contributed by atoms with Gasteiger partial charge in [0.25, 0.3) is 0 Å². The first kappa shape index (κ1) is 19.3. The highest BCUT2D eigenvalue weighted by molar-refractivity contribution is 5.27. The average Bonchev–Trinajstić information content (AvgIpc) is 2.61. The van der Waals surface area contributed by atoms with E-state index in [0.717, 1.165) is 23.5 Å². The van der Waals surface area contributed by atoms with E-state index >= 15 is 0 Å². The number of methoxy groups -OCH3 is 1. The lowest BCUT2D eigenvalue weighted by molar-refractivity contribution is 0.253. The molecule has 0 spiro atoms. The zero-order valence-corrected chi connectivity index (χ0v) is 16.2. The molecule has 0 aliphatic heterocycles. The second kappa shape index (κ2) is 10.8. The summed E-state index contributed by atoms with van der Waals surface area (Å²) in [7, 11) is 1.73. The van der Waals surface area contributed by atoms with Crippen molar-refractivity contribution in [3.05, 3.63) is 29.8 Å². The summed E-state index contributed by atoms with van der Waals surface area (Å²) in [6, 6.07) is 8.61. The minimum absolute atomic E-state index is 0.951. The van der Waals surface area contributed by atoms with Crippen LogP contribution < -0.4 is 4.74 Å². The summed E-state index contributed by atoms with van der Waals surface area (Å²) in [5, 5.41) is 0. The number of benzene rings is 1. The van der Waals surface area contributed by atoms with E-state index in [0.29, 0.717) is 0 Å². The second-order valence-corrected chi connectivity index (χ2v) is 8.10. The fourth-order valence-corrected chi connectivity index (χ4v) is 4.32. The number of ether oxygens (including phenoxy) is 1. The van der Waals surface area contributed by atoms with Gasteiger partial charge in [-0.05, 0) is 48.3 Å². The molecule has 1 aromatic rings. The third kappa shape index (κ3) is 6.87. The Balaban J connectivity index is 1.68. The van der Waals surface area contributed by atoms with E-state index in [1.165, 1.54) is 76.2 Å². The summed E-state index contributed by atoms with van der Waals surface area (Å²) in [4.78, 5) is 0. The van der Waals surface area contributed by atoms with Crippen LogP contribution in [0.15, 0.2) is 24.3 Å². The highest BCUT2D eigenvalue weighted by atomic mass is 16.5. The molecule has 1 fully saturated rings. The summed E-state index contributed by atoms with van der Waals surface area (Å²) in [6.07, 6.45) is 15.6. The van der Waals surface area contributed by atoms with Crippen LogP contribution in [-0.2, 0) is 6.42 Å². The molecule has 136 valence electrons. The molecule has 0 amide bonds. The smallest absolute Gasteiger partial charge is 0.118 e. The van der Waals surface area contributed by atoms with Crippen LogP contribution in [0.2, 0.25) is 0 Å². The van der Waals surface area contributed by atoms with Gasteiger partial charge in [-0.1, -0.05) is 83.8 Å². The van der Waals surface area contributed by atoms with Crippen LogP contribution in [-0.4, -0.2) is 7.11 Å². The summed E-state index contributed by atoms with van der Waals surface area (Å²) >= 11 is 0. The first-order valence-corrected chi connectivity index (χ1v) is 10.3. The SMILES string of the molecule is CCCC(CCCc1ccc(OC)cc1)CCC1CCC(C)CC1. The molecule has 0 heterocycles. The van der Waals surface area contributed by atoms with Crippen molar-refractivity contribution in [3.63, 3.8) is 0 Å². The standard InChI is InChI=1S/C23H38O/c1-4-6-20(13-14-22-11-9-19(2)10-12-22)7-5-8-21-15-17-23(24-3)18-16-21/h15-20,22H,4-14H2,1-3H3. The van der Waals surface area contributed by atoms with Crippen LogP contribution in [0.25, 0.3) is 0 Å². The van der Waals surface area contributed by atoms with Crippen molar-refractivity contribution in [2.45, 2.75) is 84.5 Å². The first-order valence-electron chi connectivity index (χ1n) is 10.3. The summed E-state index contributed by atoms with van der Waals surface area (Å²) in [5.41, 5.74) is 1.45. The van der Waals surface area contributed by atoms with Gasteiger partial charge in [0, 0.05) is 0 Å². The van der Waals surface area contributed by atoms with Gasteiger partial charge in [-0.25, -0.2) is 0 Å². The Kier molecular flexibility index (Phi) is 8.70. The number of aryl methyl sites for hydroxylation is 1. The number of hydrogen-bond acceptors (Lipinski definition) is 1. The van der Waals surface area contributed by atoms with E-state index < -0.39 is 0 Å². The monoisotopic (exact) mass is 330 g/mol. The van der Waals surface area contributed by atoms with Gasteiger partial charge < -0.3 is 4.74 Å². The molecule has 1 saturated carbocycles. The van der Waals surface area contributed by atoms with E-state index in [-0.39, 0.29) is 0 Å². The van der Waals surface area contributed by atoms with Crippen molar-refractivity contribution in [3.8, 4) is 5.75 Å². The lowest BCUT2D eigenvalue weighted by Gasteiger charge is -2.27.